The molecule has 0 aliphatic carbocycles. The van der Waals surface area contributed by atoms with E-state index in [1.54, 1.807) is 21.7 Å². The first-order chi connectivity index (χ1) is 19.6. The maximum Gasteiger partial charge on any atom is 0.410 e. The minimum Gasteiger partial charge on any atom is -0.444 e. The average Bonchev–Trinajstić information content (AvgIpc) is 3.35. The topological polar surface area (TPSA) is 95.8 Å². The molecule has 9 heteroatoms. The molecule has 9 nitrogen and oxygen atoms in total. The van der Waals surface area contributed by atoms with Gasteiger partial charge in [-0.15, -0.1) is 0 Å². The SMILES string of the molecule is CC1CN(C(=O)OC(C)(C)C)CC(C)N1c1ccc(-c2cnc3c(-c4cc(=O)[nH]c5ccccc45)cnn3c2)cc1. The lowest BCUT2D eigenvalue weighted by molar-refractivity contribution is 0.0193. The first-order valence-corrected chi connectivity index (χ1v) is 13.9. The third-order valence-electron chi connectivity index (χ3n) is 7.47. The summed E-state index contributed by atoms with van der Waals surface area (Å²) in [7, 11) is 0. The third-order valence-corrected chi connectivity index (χ3v) is 7.47. The Morgan fingerprint density at radius 1 is 0.951 bits per heavy atom. The Hall–Kier alpha value is -4.66. The molecule has 2 unspecified atom stereocenters. The molecule has 5 aromatic rings. The summed E-state index contributed by atoms with van der Waals surface area (Å²) in [5.41, 5.74) is 5.47. The highest BCUT2D eigenvalue weighted by atomic mass is 16.6. The standard InChI is InChI=1S/C32H34N6O3/c1-20-17-36(31(40)41-32(3,4)5)18-21(2)38(20)24-12-10-22(11-13-24)23-15-33-30-27(16-34-37(30)19-23)26-14-29(39)35-28-9-7-6-8-25(26)28/h6-16,19-21H,17-18H2,1-5H3,(H,35,39). The molecule has 41 heavy (non-hydrogen) atoms. The minimum atomic E-state index is -0.513. The molecule has 4 heterocycles. The first kappa shape index (κ1) is 26.6. The van der Waals surface area contributed by atoms with Gasteiger partial charge in [-0.05, 0) is 58.4 Å². The molecule has 1 aliphatic rings. The number of nitrogens with zero attached hydrogens (tertiary/aromatic N) is 5. The van der Waals surface area contributed by atoms with Crippen molar-refractivity contribution in [3.63, 3.8) is 0 Å². The van der Waals surface area contributed by atoms with Crippen LogP contribution in [0.1, 0.15) is 34.6 Å². The number of ether oxygens (including phenoxy) is 1. The molecule has 0 saturated carbocycles. The van der Waals surface area contributed by atoms with Gasteiger partial charge in [0, 0.05) is 76.9 Å². The second-order valence-corrected chi connectivity index (χ2v) is 11.8. The average molecular weight is 551 g/mol. The summed E-state index contributed by atoms with van der Waals surface area (Å²) < 4.78 is 7.36. The van der Waals surface area contributed by atoms with Crippen LogP contribution in [0.15, 0.2) is 78.0 Å². The van der Waals surface area contributed by atoms with Gasteiger partial charge in [-0.1, -0.05) is 30.3 Å². The van der Waals surface area contributed by atoms with Gasteiger partial charge in [0.1, 0.15) is 5.60 Å². The fourth-order valence-corrected chi connectivity index (χ4v) is 5.77. The molecular weight excluding hydrogens is 516 g/mol. The van der Waals surface area contributed by atoms with Crippen molar-refractivity contribution in [3.8, 4) is 22.3 Å². The molecule has 1 N–H and O–H groups in total. The molecule has 0 spiro atoms. The van der Waals surface area contributed by atoms with Gasteiger partial charge in [0.15, 0.2) is 5.65 Å². The largest absolute Gasteiger partial charge is 0.444 e. The summed E-state index contributed by atoms with van der Waals surface area (Å²) in [6.45, 7) is 11.2. The maximum atomic E-state index is 12.7. The maximum absolute atomic E-state index is 12.7. The Labute approximate surface area is 238 Å². The van der Waals surface area contributed by atoms with Crippen molar-refractivity contribution in [3.05, 3.63) is 83.5 Å². The predicted octanol–water partition coefficient (Wildman–Crippen LogP) is 5.74. The molecule has 1 fully saturated rings. The van der Waals surface area contributed by atoms with Crippen LogP contribution in [0.3, 0.4) is 0 Å². The second kappa shape index (κ2) is 10.1. The lowest BCUT2D eigenvalue weighted by atomic mass is 10.0. The number of hydrogen-bond acceptors (Lipinski definition) is 6. The first-order valence-electron chi connectivity index (χ1n) is 13.9. The molecule has 1 saturated heterocycles. The molecule has 1 aliphatic heterocycles. The number of carbonyl (C=O) groups excluding carboxylic acids is 1. The molecule has 6 rings (SSSR count). The Morgan fingerprint density at radius 2 is 1.66 bits per heavy atom. The Balaban J connectivity index is 1.24. The number of pyridine rings is 1. The monoisotopic (exact) mass is 550 g/mol. The van der Waals surface area contributed by atoms with Crippen LogP contribution < -0.4 is 10.5 Å². The lowest BCUT2D eigenvalue weighted by Crippen LogP contribution is -2.58. The van der Waals surface area contributed by atoms with E-state index in [0.717, 1.165) is 38.8 Å². The summed E-state index contributed by atoms with van der Waals surface area (Å²) in [4.78, 5) is 36.8. The normalized spacial score (nSPS) is 17.8. The van der Waals surface area contributed by atoms with Crippen molar-refractivity contribution >= 4 is 28.3 Å². The van der Waals surface area contributed by atoms with Crippen molar-refractivity contribution < 1.29 is 9.53 Å². The fourth-order valence-electron chi connectivity index (χ4n) is 5.77. The van der Waals surface area contributed by atoms with Gasteiger partial charge in [0.25, 0.3) is 0 Å². The molecule has 0 radical (unpaired) electrons. The molecular formula is C32H34N6O3. The van der Waals surface area contributed by atoms with Crippen LogP contribution >= 0.6 is 0 Å². The van der Waals surface area contributed by atoms with Crippen LogP contribution in [0.5, 0.6) is 0 Å². The molecule has 210 valence electrons. The smallest absolute Gasteiger partial charge is 0.410 e. The van der Waals surface area contributed by atoms with Crippen LogP contribution in [-0.4, -0.2) is 61.3 Å². The van der Waals surface area contributed by atoms with Gasteiger partial charge in [-0.3, -0.25) is 4.79 Å². The van der Waals surface area contributed by atoms with Crippen molar-refractivity contribution in [2.24, 2.45) is 0 Å². The summed E-state index contributed by atoms with van der Waals surface area (Å²) >= 11 is 0. The summed E-state index contributed by atoms with van der Waals surface area (Å²) in [6, 6.07) is 18.0. The molecule has 2 aromatic carbocycles. The van der Waals surface area contributed by atoms with E-state index < -0.39 is 5.60 Å². The molecule has 1 amide bonds. The van der Waals surface area contributed by atoms with E-state index in [1.165, 1.54) is 0 Å². The van der Waals surface area contributed by atoms with Crippen molar-refractivity contribution in [1.82, 2.24) is 24.5 Å². The number of benzene rings is 2. The number of anilines is 1. The van der Waals surface area contributed by atoms with E-state index in [1.807, 2.05) is 57.4 Å². The van der Waals surface area contributed by atoms with E-state index in [0.29, 0.717) is 18.7 Å². The highest BCUT2D eigenvalue weighted by Crippen LogP contribution is 2.31. The number of rotatable bonds is 3. The molecule has 3 aromatic heterocycles. The number of hydrogen-bond donors (Lipinski definition) is 1. The number of aromatic amines is 1. The second-order valence-electron chi connectivity index (χ2n) is 11.8. The van der Waals surface area contributed by atoms with E-state index in [4.69, 9.17) is 9.72 Å². The quantitative estimate of drug-likeness (QED) is 0.308. The molecule has 0 bridgehead atoms. The van der Waals surface area contributed by atoms with E-state index >= 15 is 0 Å². The zero-order chi connectivity index (χ0) is 28.9. The Morgan fingerprint density at radius 3 is 2.37 bits per heavy atom. The zero-order valence-electron chi connectivity index (χ0n) is 24.0. The summed E-state index contributed by atoms with van der Waals surface area (Å²) in [6.07, 6.45) is 5.30. The number of nitrogens with one attached hydrogen (secondary N) is 1. The van der Waals surface area contributed by atoms with Gasteiger partial charge in [0.05, 0.1) is 6.20 Å². The summed E-state index contributed by atoms with van der Waals surface area (Å²) in [5, 5.41) is 5.51. The number of aromatic nitrogens is 4. The van der Waals surface area contributed by atoms with Gasteiger partial charge in [-0.25, -0.2) is 14.3 Å². The minimum absolute atomic E-state index is 0.138. The van der Waals surface area contributed by atoms with Crippen LogP contribution in [0.4, 0.5) is 10.5 Å². The van der Waals surface area contributed by atoms with Gasteiger partial charge in [-0.2, -0.15) is 5.10 Å². The fraction of sp³-hybridized carbons (Fsp3) is 0.312. The molecule has 2 atom stereocenters. The third kappa shape index (κ3) is 5.15. The number of amides is 1. The van der Waals surface area contributed by atoms with E-state index in [9.17, 15) is 9.59 Å². The van der Waals surface area contributed by atoms with Crippen LogP contribution in [0.2, 0.25) is 0 Å². The van der Waals surface area contributed by atoms with Crippen LogP contribution in [0.25, 0.3) is 38.8 Å². The number of carbonyl (C=O) groups is 1. The van der Waals surface area contributed by atoms with Crippen molar-refractivity contribution in [2.75, 3.05) is 18.0 Å². The van der Waals surface area contributed by atoms with E-state index in [-0.39, 0.29) is 23.7 Å². The number of para-hydroxylation sites is 1. The predicted molar refractivity (Wildman–Crippen MR) is 161 cm³/mol. The van der Waals surface area contributed by atoms with Crippen molar-refractivity contribution in [1.29, 1.82) is 0 Å². The number of piperazine rings is 1. The lowest BCUT2D eigenvalue weighted by Gasteiger charge is -2.45. The number of fused-ring (bicyclic) bond motifs is 2. The van der Waals surface area contributed by atoms with E-state index in [2.05, 4.69) is 53.1 Å². The van der Waals surface area contributed by atoms with Gasteiger partial charge < -0.3 is 19.5 Å². The summed E-state index contributed by atoms with van der Waals surface area (Å²) in [5.74, 6) is 0. The Kier molecular flexibility index (Phi) is 6.52. The van der Waals surface area contributed by atoms with Crippen molar-refractivity contribution in [2.45, 2.75) is 52.3 Å². The van der Waals surface area contributed by atoms with Gasteiger partial charge >= 0.3 is 6.09 Å². The van der Waals surface area contributed by atoms with Crippen LogP contribution in [0, 0.1) is 0 Å². The van der Waals surface area contributed by atoms with Crippen LogP contribution in [-0.2, 0) is 4.74 Å². The number of H-pyrrole nitrogens is 1. The zero-order valence-corrected chi connectivity index (χ0v) is 24.0. The highest BCUT2D eigenvalue weighted by molar-refractivity contribution is 5.97. The Bertz CT molecular complexity index is 1790. The highest BCUT2D eigenvalue weighted by Gasteiger charge is 2.34. The van der Waals surface area contributed by atoms with Gasteiger partial charge in [0.2, 0.25) is 5.56 Å².